The Morgan fingerprint density at radius 3 is 2.39 bits per heavy atom. The second-order valence-electron chi connectivity index (χ2n) is 7.89. The molecule has 0 radical (unpaired) electrons. The van der Waals surface area contributed by atoms with Gasteiger partial charge in [0.1, 0.15) is 5.75 Å². The van der Waals surface area contributed by atoms with Crippen LogP contribution in [-0.2, 0) is 11.3 Å². The molecule has 1 heterocycles. The largest absolute Gasteiger partial charge is 0.484 e. The van der Waals surface area contributed by atoms with Crippen LogP contribution < -0.4 is 20.3 Å². The Bertz CT molecular complexity index is 1100. The summed E-state index contributed by atoms with van der Waals surface area (Å²) in [4.78, 5) is 27.7. The highest BCUT2D eigenvalue weighted by Gasteiger charge is 2.20. The fraction of sp³-hybridized carbons (Fsp3) is 0.231. The lowest BCUT2D eigenvalue weighted by atomic mass is 10.1. The first kappa shape index (κ1) is 22.7. The molecule has 0 unspecified atom stereocenters. The van der Waals surface area contributed by atoms with E-state index in [0.717, 1.165) is 37.2 Å². The normalized spacial score (nSPS) is 12.9. The molecular weight excluding hydrogens is 438 g/mol. The molecule has 3 aromatic carbocycles. The number of carbonyl (C=O) groups excluding carboxylic acids is 2. The summed E-state index contributed by atoms with van der Waals surface area (Å²) in [5.74, 6) is 0.0729. The van der Waals surface area contributed by atoms with Crippen LogP contribution in [0.25, 0.3) is 0 Å². The number of hydrogen-bond donors (Lipinski definition) is 2. The molecule has 0 aromatic heterocycles. The van der Waals surface area contributed by atoms with Crippen LogP contribution in [0.4, 0.5) is 11.4 Å². The van der Waals surface area contributed by atoms with Crippen LogP contribution >= 0.6 is 11.6 Å². The van der Waals surface area contributed by atoms with Crippen molar-refractivity contribution in [2.45, 2.75) is 19.4 Å². The third-order valence-corrected chi connectivity index (χ3v) is 5.70. The van der Waals surface area contributed by atoms with Crippen LogP contribution in [0.5, 0.6) is 5.75 Å². The second kappa shape index (κ2) is 10.9. The fourth-order valence-electron chi connectivity index (χ4n) is 3.78. The van der Waals surface area contributed by atoms with Crippen molar-refractivity contribution in [3.05, 3.63) is 88.9 Å². The van der Waals surface area contributed by atoms with E-state index in [4.69, 9.17) is 16.3 Å². The summed E-state index contributed by atoms with van der Waals surface area (Å²) in [6, 6.07) is 22.0. The number of nitrogens with zero attached hydrogens (tertiary/aromatic N) is 1. The molecule has 6 nitrogen and oxygen atoms in total. The molecule has 1 aliphatic heterocycles. The summed E-state index contributed by atoms with van der Waals surface area (Å²) in [6.07, 6.45) is 2.21. The number of nitrogens with one attached hydrogen (secondary N) is 2. The lowest BCUT2D eigenvalue weighted by molar-refractivity contribution is -0.118. The standard InChI is InChI=1S/C26H26ClN3O3/c27-20-8-11-22(12-9-20)33-18-25(31)29-21-10-13-24(30-14-4-5-15-30)23(16-21)26(32)28-17-19-6-2-1-3-7-19/h1-3,6-13,16H,4-5,14-15,17-18H2,(H,28,32)(H,29,31). The minimum Gasteiger partial charge on any atom is -0.484 e. The van der Waals surface area contributed by atoms with Gasteiger partial charge in [0.2, 0.25) is 0 Å². The number of hydrogen-bond acceptors (Lipinski definition) is 4. The molecule has 2 amide bonds. The maximum atomic E-state index is 13.1. The van der Waals surface area contributed by atoms with Gasteiger partial charge >= 0.3 is 0 Å². The molecule has 7 heteroatoms. The van der Waals surface area contributed by atoms with Crippen molar-refractivity contribution in [1.29, 1.82) is 0 Å². The van der Waals surface area contributed by atoms with Crippen molar-refractivity contribution in [2.75, 3.05) is 29.9 Å². The van der Waals surface area contributed by atoms with Gasteiger partial charge in [-0.25, -0.2) is 0 Å². The van der Waals surface area contributed by atoms with Crippen LogP contribution in [0, 0.1) is 0 Å². The average molecular weight is 464 g/mol. The van der Waals surface area contributed by atoms with E-state index in [0.29, 0.717) is 28.6 Å². The van der Waals surface area contributed by atoms with E-state index < -0.39 is 0 Å². The molecule has 1 aliphatic rings. The summed E-state index contributed by atoms with van der Waals surface area (Å²) >= 11 is 5.87. The van der Waals surface area contributed by atoms with E-state index in [2.05, 4.69) is 15.5 Å². The maximum absolute atomic E-state index is 13.1. The van der Waals surface area contributed by atoms with Crippen LogP contribution in [0.3, 0.4) is 0 Å². The van der Waals surface area contributed by atoms with Crippen molar-refractivity contribution in [2.24, 2.45) is 0 Å². The molecule has 0 saturated carbocycles. The number of rotatable bonds is 8. The van der Waals surface area contributed by atoms with E-state index in [1.165, 1.54) is 0 Å². The number of ether oxygens (including phenoxy) is 1. The van der Waals surface area contributed by atoms with Crippen molar-refractivity contribution < 1.29 is 14.3 Å². The van der Waals surface area contributed by atoms with Crippen LogP contribution in [-0.4, -0.2) is 31.5 Å². The zero-order valence-electron chi connectivity index (χ0n) is 18.2. The monoisotopic (exact) mass is 463 g/mol. The lowest BCUT2D eigenvalue weighted by Gasteiger charge is -2.22. The first-order chi connectivity index (χ1) is 16.1. The Hall–Kier alpha value is -3.51. The first-order valence-corrected chi connectivity index (χ1v) is 11.4. The molecule has 170 valence electrons. The van der Waals surface area contributed by atoms with Gasteiger partial charge in [0.15, 0.2) is 6.61 Å². The van der Waals surface area contributed by atoms with Gasteiger partial charge in [0, 0.05) is 36.0 Å². The third kappa shape index (κ3) is 6.26. The minimum absolute atomic E-state index is 0.148. The van der Waals surface area contributed by atoms with Gasteiger partial charge in [-0.15, -0.1) is 0 Å². The number of benzene rings is 3. The predicted octanol–water partition coefficient (Wildman–Crippen LogP) is 4.89. The molecule has 4 rings (SSSR count). The number of anilines is 2. The molecule has 1 saturated heterocycles. The van der Waals surface area contributed by atoms with E-state index in [9.17, 15) is 9.59 Å². The Kier molecular flexibility index (Phi) is 7.47. The summed E-state index contributed by atoms with van der Waals surface area (Å²) in [5, 5.41) is 6.42. The van der Waals surface area contributed by atoms with Gasteiger partial charge in [-0.3, -0.25) is 9.59 Å². The fourth-order valence-corrected chi connectivity index (χ4v) is 3.91. The van der Waals surface area contributed by atoms with Gasteiger partial charge in [-0.1, -0.05) is 41.9 Å². The summed E-state index contributed by atoms with van der Waals surface area (Å²) in [6.45, 7) is 2.12. The van der Waals surface area contributed by atoms with E-state index in [-0.39, 0.29) is 18.4 Å². The van der Waals surface area contributed by atoms with Crippen molar-refractivity contribution in [3.8, 4) is 5.75 Å². The molecular formula is C26H26ClN3O3. The van der Waals surface area contributed by atoms with E-state index in [1.807, 2.05) is 42.5 Å². The third-order valence-electron chi connectivity index (χ3n) is 5.45. The van der Waals surface area contributed by atoms with Crippen molar-refractivity contribution in [3.63, 3.8) is 0 Å². The molecule has 0 spiro atoms. The Morgan fingerprint density at radius 2 is 1.67 bits per heavy atom. The Morgan fingerprint density at radius 1 is 0.939 bits per heavy atom. The Balaban J connectivity index is 1.44. The number of carbonyl (C=O) groups is 2. The van der Waals surface area contributed by atoms with E-state index in [1.54, 1.807) is 30.3 Å². The predicted molar refractivity (Wildman–Crippen MR) is 131 cm³/mol. The smallest absolute Gasteiger partial charge is 0.262 e. The molecule has 0 aliphatic carbocycles. The summed E-state index contributed by atoms with van der Waals surface area (Å²) in [7, 11) is 0. The minimum atomic E-state index is -0.311. The highest BCUT2D eigenvalue weighted by Crippen LogP contribution is 2.28. The van der Waals surface area contributed by atoms with Gasteiger partial charge in [0.25, 0.3) is 11.8 Å². The van der Waals surface area contributed by atoms with Crippen LogP contribution in [0.15, 0.2) is 72.8 Å². The van der Waals surface area contributed by atoms with Gasteiger partial charge < -0.3 is 20.3 Å². The summed E-state index contributed by atoms with van der Waals surface area (Å²) < 4.78 is 5.51. The lowest BCUT2D eigenvalue weighted by Crippen LogP contribution is -2.27. The van der Waals surface area contributed by atoms with Crippen molar-refractivity contribution >= 4 is 34.8 Å². The molecule has 0 atom stereocenters. The van der Waals surface area contributed by atoms with Gasteiger partial charge in [-0.05, 0) is 60.9 Å². The molecule has 2 N–H and O–H groups in total. The van der Waals surface area contributed by atoms with Gasteiger partial charge in [0.05, 0.1) is 5.56 Å². The van der Waals surface area contributed by atoms with E-state index >= 15 is 0 Å². The first-order valence-electron chi connectivity index (χ1n) is 11.0. The van der Waals surface area contributed by atoms with Gasteiger partial charge in [-0.2, -0.15) is 0 Å². The number of amides is 2. The zero-order chi connectivity index (χ0) is 23.0. The molecule has 33 heavy (non-hydrogen) atoms. The average Bonchev–Trinajstić information content (AvgIpc) is 3.38. The Labute approximate surface area is 198 Å². The SMILES string of the molecule is O=C(COc1ccc(Cl)cc1)Nc1ccc(N2CCCC2)c(C(=O)NCc2ccccc2)c1. The quantitative estimate of drug-likeness (QED) is 0.499. The zero-order valence-corrected chi connectivity index (χ0v) is 19.0. The maximum Gasteiger partial charge on any atom is 0.262 e. The second-order valence-corrected chi connectivity index (χ2v) is 8.32. The van der Waals surface area contributed by atoms with Crippen molar-refractivity contribution in [1.82, 2.24) is 5.32 Å². The molecule has 1 fully saturated rings. The number of halogens is 1. The highest BCUT2D eigenvalue weighted by molar-refractivity contribution is 6.30. The molecule has 3 aromatic rings. The highest BCUT2D eigenvalue weighted by atomic mass is 35.5. The van der Waals surface area contributed by atoms with Crippen LogP contribution in [0.1, 0.15) is 28.8 Å². The molecule has 0 bridgehead atoms. The summed E-state index contributed by atoms with van der Waals surface area (Å²) in [5.41, 5.74) is 3.00. The topological polar surface area (TPSA) is 70.7 Å². The van der Waals surface area contributed by atoms with Crippen LogP contribution in [0.2, 0.25) is 5.02 Å².